The van der Waals surface area contributed by atoms with E-state index in [-0.39, 0.29) is 11.2 Å². The average Bonchev–Trinajstić information content (AvgIpc) is 3.54. The normalized spacial score (nSPS) is 17.8. The van der Waals surface area contributed by atoms with Crippen LogP contribution in [0.3, 0.4) is 0 Å². The molecule has 1 amide bonds. The van der Waals surface area contributed by atoms with Crippen molar-refractivity contribution in [3.8, 4) is 6.07 Å². The van der Waals surface area contributed by atoms with Gasteiger partial charge in [0.1, 0.15) is 5.82 Å². The first kappa shape index (κ1) is 16.2. The molecule has 2 fully saturated rings. The van der Waals surface area contributed by atoms with Crippen LogP contribution in [0.4, 0.5) is 5.69 Å². The van der Waals surface area contributed by atoms with E-state index in [1.165, 1.54) is 37.4 Å². The topological polar surface area (TPSA) is 83.6 Å². The lowest BCUT2D eigenvalue weighted by Crippen LogP contribution is -2.23. The second kappa shape index (κ2) is 6.52. The Bertz CT molecular complexity index is 847. The molecule has 2 saturated carbocycles. The highest BCUT2D eigenvalue weighted by atomic mass is 32.2. The van der Waals surface area contributed by atoms with Crippen LogP contribution in [0.1, 0.15) is 56.0 Å². The van der Waals surface area contributed by atoms with Crippen molar-refractivity contribution in [2.24, 2.45) is 0 Å². The summed E-state index contributed by atoms with van der Waals surface area (Å²) in [5.41, 5.74) is 1.17. The number of hydrogen-bond donors (Lipinski definition) is 1. The summed E-state index contributed by atoms with van der Waals surface area (Å²) >= 11 is 1.45. The minimum Gasteiger partial charge on any atom is -0.325 e. The van der Waals surface area contributed by atoms with Gasteiger partial charge in [0.05, 0.1) is 16.9 Å². The fourth-order valence-corrected chi connectivity index (χ4v) is 3.71. The molecule has 6 nitrogen and oxygen atoms in total. The van der Waals surface area contributed by atoms with Crippen LogP contribution in [0.2, 0.25) is 0 Å². The number of carbonyl (C=O) groups excluding carboxylic acids is 1. The Kier molecular flexibility index (Phi) is 4.22. The van der Waals surface area contributed by atoms with Crippen molar-refractivity contribution in [3.63, 3.8) is 0 Å². The van der Waals surface area contributed by atoms with Crippen LogP contribution < -0.4 is 5.32 Å². The maximum atomic E-state index is 12.5. The smallest absolute Gasteiger partial charge is 0.237 e. The minimum atomic E-state index is -0.292. The first-order valence-corrected chi connectivity index (χ1v) is 9.46. The minimum absolute atomic E-state index is 0.0987. The fourth-order valence-electron chi connectivity index (χ4n) is 2.79. The van der Waals surface area contributed by atoms with Gasteiger partial charge >= 0.3 is 0 Å². The van der Waals surface area contributed by atoms with Crippen LogP contribution in [-0.2, 0) is 4.79 Å². The average molecular weight is 353 g/mol. The highest BCUT2D eigenvalue weighted by Gasteiger charge is 2.37. The quantitative estimate of drug-likeness (QED) is 0.804. The van der Waals surface area contributed by atoms with Crippen molar-refractivity contribution in [2.45, 2.75) is 55.0 Å². The summed E-state index contributed by atoms with van der Waals surface area (Å²) in [5, 5.41) is 21.1. The highest BCUT2D eigenvalue weighted by molar-refractivity contribution is 8.00. The molecule has 1 atom stereocenters. The van der Waals surface area contributed by atoms with Crippen LogP contribution in [0, 0.1) is 11.3 Å². The second-order valence-electron chi connectivity index (χ2n) is 6.66. The molecular formula is C18H19N5OS. The predicted molar refractivity (Wildman–Crippen MR) is 95.4 cm³/mol. The Hall–Kier alpha value is -2.33. The van der Waals surface area contributed by atoms with Gasteiger partial charge in [-0.1, -0.05) is 17.8 Å². The van der Waals surface area contributed by atoms with E-state index in [0.29, 0.717) is 23.2 Å². The number of anilines is 1. The molecule has 0 bridgehead atoms. The van der Waals surface area contributed by atoms with E-state index < -0.39 is 0 Å². The Morgan fingerprint density at radius 3 is 2.84 bits per heavy atom. The molecule has 4 rings (SSSR count). The third kappa shape index (κ3) is 3.54. The summed E-state index contributed by atoms with van der Waals surface area (Å²) in [6.45, 7) is 1.87. The van der Waals surface area contributed by atoms with Crippen LogP contribution in [0.25, 0.3) is 0 Å². The van der Waals surface area contributed by atoms with E-state index in [1.54, 1.807) is 24.3 Å². The molecule has 1 unspecified atom stereocenters. The molecule has 7 heteroatoms. The zero-order valence-corrected chi connectivity index (χ0v) is 14.8. The Labute approximate surface area is 150 Å². The van der Waals surface area contributed by atoms with Crippen molar-refractivity contribution < 1.29 is 4.79 Å². The van der Waals surface area contributed by atoms with Gasteiger partial charge in [0.15, 0.2) is 5.16 Å². The zero-order chi connectivity index (χ0) is 17.4. The van der Waals surface area contributed by atoms with Crippen molar-refractivity contribution in [2.75, 3.05) is 5.32 Å². The molecule has 1 heterocycles. The molecule has 128 valence electrons. The third-order valence-corrected chi connectivity index (χ3v) is 5.51. The van der Waals surface area contributed by atoms with Crippen molar-refractivity contribution in [1.29, 1.82) is 5.26 Å². The van der Waals surface area contributed by atoms with E-state index in [2.05, 4.69) is 26.2 Å². The lowest BCUT2D eigenvalue weighted by Gasteiger charge is -2.13. The van der Waals surface area contributed by atoms with Gasteiger partial charge in [-0.15, -0.1) is 10.2 Å². The second-order valence-corrected chi connectivity index (χ2v) is 7.97. The SMILES string of the molecule is CC(Sc1nnc(C2CC2)n1C1CC1)C(=O)Nc1cccc(C#N)c1. The monoisotopic (exact) mass is 353 g/mol. The van der Waals surface area contributed by atoms with Gasteiger partial charge < -0.3 is 9.88 Å². The summed E-state index contributed by atoms with van der Waals surface area (Å²) in [6.07, 6.45) is 4.74. The van der Waals surface area contributed by atoms with Gasteiger partial charge in [-0.25, -0.2) is 0 Å². The number of thioether (sulfide) groups is 1. The molecular weight excluding hydrogens is 334 g/mol. The molecule has 2 aliphatic carbocycles. The molecule has 0 aliphatic heterocycles. The first-order valence-electron chi connectivity index (χ1n) is 8.58. The lowest BCUT2D eigenvalue weighted by molar-refractivity contribution is -0.115. The third-order valence-electron chi connectivity index (χ3n) is 4.46. The van der Waals surface area contributed by atoms with E-state index >= 15 is 0 Å². The molecule has 0 radical (unpaired) electrons. The number of nitrogens with one attached hydrogen (secondary N) is 1. The molecule has 2 aliphatic rings. The van der Waals surface area contributed by atoms with Gasteiger partial charge in [-0.05, 0) is 50.8 Å². The predicted octanol–water partition coefficient (Wildman–Crippen LogP) is 3.48. The number of aromatic nitrogens is 3. The summed E-state index contributed by atoms with van der Waals surface area (Å²) in [6, 6.07) is 9.52. The van der Waals surface area contributed by atoms with Gasteiger partial charge in [0.25, 0.3) is 0 Å². The standard InChI is InChI=1S/C18H19N5OS/c1-11(17(24)20-14-4-2-3-12(9-14)10-19)25-18-22-21-16(13-5-6-13)23(18)15-7-8-15/h2-4,9,11,13,15H,5-8H2,1H3,(H,20,24). The molecule has 2 aromatic rings. The largest absolute Gasteiger partial charge is 0.325 e. The van der Waals surface area contributed by atoms with Crippen LogP contribution in [0.15, 0.2) is 29.4 Å². The van der Waals surface area contributed by atoms with Crippen LogP contribution in [-0.4, -0.2) is 25.9 Å². The van der Waals surface area contributed by atoms with Crippen molar-refractivity contribution in [1.82, 2.24) is 14.8 Å². The molecule has 1 aromatic heterocycles. The van der Waals surface area contributed by atoms with Gasteiger partial charge in [-0.2, -0.15) is 5.26 Å². The molecule has 25 heavy (non-hydrogen) atoms. The number of benzene rings is 1. The van der Waals surface area contributed by atoms with E-state index in [0.717, 1.165) is 11.0 Å². The van der Waals surface area contributed by atoms with Crippen LogP contribution in [0.5, 0.6) is 0 Å². The van der Waals surface area contributed by atoms with Gasteiger partial charge in [0.2, 0.25) is 5.91 Å². The highest BCUT2D eigenvalue weighted by Crippen LogP contribution is 2.46. The van der Waals surface area contributed by atoms with E-state index in [9.17, 15) is 4.79 Å². The molecule has 0 spiro atoms. The number of nitriles is 1. The summed E-state index contributed by atoms with van der Waals surface area (Å²) in [4.78, 5) is 12.5. The number of rotatable bonds is 6. The van der Waals surface area contributed by atoms with Crippen molar-refractivity contribution >= 4 is 23.4 Å². The Balaban J connectivity index is 1.45. The number of amides is 1. The fraction of sp³-hybridized carbons (Fsp3) is 0.444. The number of nitrogens with zero attached hydrogens (tertiary/aromatic N) is 4. The molecule has 1 aromatic carbocycles. The molecule has 1 N–H and O–H groups in total. The van der Waals surface area contributed by atoms with Crippen LogP contribution >= 0.6 is 11.8 Å². The summed E-state index contributed by atoms with van der Waals surface area (Å²) < 4.78 is 2.25. The summed E-state index contributed by atoms with van der Waals surface area (Å²) in [5.74, 6) is 1.55. The van der Waals surface area contributed by atoms with Gasteiger partial charge in [0, 0.05) is 17.6 Å². The lowest BCUT2D eigenvalue weighted by atomic mass is 10.2. The Morgan fingerprint density at radius 1 is 1.36 bits per heavy atom. The van der Waals surface area contributed by atoms with Gasteiger partial charge in [-0.3, -0.25) is 4.79 Å². The van der Waals surface area contributed by atoms with E-state index in [4.69, 9.17) is 5.26 Å². The maximum absolute atomic E-state index is 12.5. The van der Waals surface area contributed by atoms with Crippen molar-refractivity contribution in [3.05, 3.63) is 35.7 Å². The first-order chi connectivity index (χ1) is 12.2. The number of carbonyl (C=O) groups is 1. The zero-order valence-electron chi connectivity index (χ0n) is 14.0. The number of hydrogen-bond acceptors (Lipinski definition) is 5. The Morgan fingerprint density at radius 2 is 2.16 bits per heavy atom. The summed E-state index contributed by atoms with van der Waals surface area (Å²) in [7, 11) is 0. The maximum Gasteiger partial charge on any atom is 0.237 e. The molecule has 0 saturated heterocycles. The van der Waals surface area contributed by atoms with E-state index in [1.807, 2.05) is 6.92 Å².